The highest BCUT2D eigenvalue weighted by Gasteiger charge is 2.19. The molecule has 1 aliphatic carbocycles. The van der Waals surface area contributed by atoms with Gasteiger partial charge in [-0.25, -0.2) is 15.0 Å². The molecule has 1 N–H and O–H groups in total. The number of halogens is 1. The van der Waals surface area contributed by atoms with E-state index in [0.29, 0.717) is 18.6 Å². The van der Waals surface area contributed by atoms with Crippen LogP contribution in [0.15, 0.2) is 18.3 Å². The number of carbonyl (C=O) groups is 1. The summed E-state index contributed by atoms with van der Waals surface area (Å²) < 4.78 is 15.7. The molecule has 0 atom stereocenters. The second-order valence-corrected chi connectivity index (χ2v) is 7.05. The number of nitrogens with one attached hydrogen (secondary N) is 1. The van der Waals surface area contributed by atoms with Gasteiger partial charge < -0.3 is 5.32 Å². The second-order valence-electron chi connectivity index (χ2n) is 7.05. The monoisotopic (exact) mass is 367 g/mol. The van der Waals surface area contributed by atoms with Gasteiger partial charge in [-0.05, 0) is 62.8 Å². The molecule has 0 radical (unpaired) electrons. The first kappa shape index (κ1) is 17.6. The highest BCUT2D eigenvalue weighted by molar-refractivity contribution is 5.93. The maximum atomic E-state index is 14.4. The Morgan fingerprint density at radius 3 is 2.89 bits per heavy atom. The lowest BCUT2D eigenvalue weighted by Crippen LogP contribution is -2.27. The van der Waals surface area contributed by atoms with E-state index >= 15 is 0 Å². The van der Waals surface area contributed by atoms with Crippen molar-refractivity contribution in [3.05, 3.63) is 58.3 Å². The van der Waals surface area contributed by atoms with Crippen LogP contribution in [0.3, 0.4) is 0 Å². The maximum Gasteiger partial charge on any atom is 0.274 e. The number of aromatic nitrogens is 4. The number of nitrogens with zero attached hydrogens (tertiary/aromatic N) is 4. The van der Waals surface area contributed by atoms with Gasteiger partial charge in [-0.1, -0.05) is 0 Å². The fourth-order valence-electron chi connectivity index (χ4n) is 3.59. The van der Waals surface area contributed by atoms with Gasteiger partial charge in [0, 0.05) is 30.6 Å². The Morgan fingerprint density at radius 1 is 1.22 bits per heavy atom. The van der Waals surface area contributed by atoms with Gasteiger partial charge in [0.1, 0.15) is 11.5 Å². The molecular formula is C20H22FN5O. The van der Waals surface area contributed by atoms with Crippen molar-refractivity contribution in [3.63, 3.8) is 0 Å². The summed E-state index contributed by atoms with van der Waals surface area (Å²) in [6, 6.07) is 3.51. The molecule has 4 rings (SSSR count). The molecule has 0 fully saturated rings. The minimum Gasteiger partial charge on any atom is -0.350 e. The lowest BCUT2D eigenvalue weighted by atomic mass is 9.95. The van der Waals surface area contributed by atoms with Gasteiger partial charge in [-0.15, -0.1) is 0 Å². The zero-order valence-electron chi connectivity index (χ0n) is 15.5. The molecule has 3 heterocycles. The molecule has 3 aromatic rings. The molecule has 0 saturated heterocycles. The number of hydrogen-bond donors (Lipinski definition) is 1. The third-order valence-electron chi connectivity index (χ3n) is 5.01. The Hall–Kier alpha value is -2.83. The summed E-state index contributed by atoms with van der Waals surface area (Å²) in [5.41, 5.74) is 4.63. The summed E-state index contributed by atoms with van der Waals surface area (Å²) in [5, 5.41) is 2.73. The van der Waals surface area contributed by atoms with Crippen molar-refractivity contribution in [1.82, 2.24) is 24.7 Å². The van der Waals surface area contributed by atoms with Gasteiger partial charge >= 0.3 is 0 Å². The quantitative estimate of drug-likeness (QED) is 0.770. The Balaban J connectivity index is 1.44. The van der Waals surface area contributed by atoms with Crippen LogP contribution >= 0.6 is 0 Å². The lowest BCUT2D eigenvalue weighted by Gasteiger charge is -2.17. The third kappa shape index (κ3) is 3.41. The molecule has 0 saturated carbocycles. The molecule has 1 amide bonds. The van der Waals surface area contributed by atoms with Crippen molar-refractivity contribution >= 4 is 11.6 Å². The number of aryl methyl sites for hydroxylation is 3. The van der Waals surface area contributed by atoms with Crippen molar-refractivity contribution < 1.29 is 9.18 Å². The fourth-order valence-corrected chi connectivity index (χ4v) is 3.59. The summed E-state index contributed by atoms with van der Waals surface area (Å²) in [5.74, 6) is -0.452. The third-order valence-corrected chi connectivity index (χ3v) is 5.01. The number of imidazole rings is 1. The minimum absolute atomic E-state index is 0.192. The van der Waals surface area contributed by atoms with Crippen LogP contribution in [-0.2, 0) is 19.3 Å². The van der Waals surface area contributed by atoms with Crippen LogP contribution in [0.2, 0.25) is 0 Å². The van der Waals surface area contributed by atoms with E-state index in [1.165, 1.54) is 16.4 Å². The zero-order valence-corrected chi connectivity index (χ0v) is 15.5. The first-order valence-corrected chi connectivity index (χ1v) is 9.30. The first-order chi connectivity index (χ1) is 13.0. The van der Waals surface area contributed by atoms with Crippen LogP contribution < -0.4 is 5.32 Å². The first-order valence-electron chi connectivity index (χ1n) is 9.30. The van der Waals surface area contributed by atoms with Gasteiger partial charge in [0.25, 0.3) is 5.91 Å². The van der Waals surface area contributed by atoms with Crippen molar-refractivity contribution in [2.24, 2.45) is 0 Å². The SMILES string of the molecule is Cc1ccn2c(F)c(C(=O)NCCc3nc(C)c4c(n3)CCCC4)nc2c1. The van der Waals surface area contributed by atoms with E-state index in [1.54, 1.807) is 18.3 Å². The van der Waals surface area contributed by atoms with Crippen molar-refractivity contribution in [2.75, 3.05) is 6.54 Å². The van der Waals surface area contributed by atoms with E-state index in [9.17, 15) is 9.18 Å². The molecule has 0 bridgehead atoms. The lowest BCUT2D eigenvalue weighted by molar-refractivity contribution is 0.0945. The number of fused-ring (bicyclic) bond motifs is 2. The van der Waals surface area contributed by atoms with E-state index < -0.39 is 11.9 Å². The van der Waals surface area contributed by atoms with Crippen molar-refractivity contribution in [1.29, 1.82) is 0 Å². The van der Waals surface area contributed by atoms with Gasteiger partial charge in [0.15, 0.2) is 5.69 Å². The topological polar surface area (TPSA) is 72.2 Å². The van der Waals surface area contributed by atoms with Gasteiger partial charge in [-0.3, -0.25) is 9.20 Å². The van der Waals surface area contributed by atoms with E-state index in [0.717, 1.165) is 42.0 Å². The number of carbonyl (C=O) groups excluding carboxylic acids is 1. The molecule has 140 valence electrons. The van der Waals surface area contributed by atoms with Crippen molar-refractivity contribution in [2.45, 2.75) is 46.0 Å². The average Bonchev–Trinajstić information content (AvgIpc) is 2.97. The molecule has 7 heteroatoms. The molecule has 0 spiro atoms. The Labute approximate surface area is 156 Å². The molecule has 0 aliphatic heterocycles. The largest absolute Gasteiger partial charge is 0.350 e. The number of rotatable bonds is 4. The summed E-state index contributed by atoms with van der Waals surface area (Å²) in [4.78, 5) is 25.7. The number of hydrogen-bond acceptors (Lipinski definition) is 4. The molecule has 0 aromatic carbocycles. The van der Waals surface area contributed by atoms with E-state index in [-0.39, 0.29) is 5.69 Å². The molecule has 27 heavy (non-hydrogen) atoms. The van der Waals surface area contributed by atoms with Crippen LogP contribution in [0.25, 0.3) is 5.65 Å². The Bertz CT molecular complexity index is 1030. The summed E-state index contributed by atoms with van der Waals surface area (Å²) in [7, 11) is 0. The zero-order chi connectivity index (χ0) is 19.0. The second kappa shape index (κ2) is 7.06. The molecule has 3 aromatic heterocycles. The van der Waals surface area contributed by atoms with Crippen LogP contribution in [0.4, 0.5) is 4.39 Å². The Morgan fingerprint density at radius 2 is 2.04 bits per heavy atom. The number of pyridine rings is 1. The van der Waals surface area contributed by atoms with Crippen molar-refractivity contribution in [3.8, 4) is 0 Å². The van der Waals surface area contributed by atoms with E-state index in [4.69, 9.17) is 0 Å². The summed E-state index contributed by atoms with van der Waals surface area (Å²) in [6.07, 6.45) is 6.47. The summed E-state index contributed by atoms with van der Waals surface area (Å²) in [6.45, 7) is 4.25. The number of amides is 1. The van der Waals surface area contributed by atoms with Crippen LogP contribution in [-0.4, -0.2) is 31.8 Å². The maximum absolute atomic E-state index is 14.4. The predicted octanol–water partition coefficient (Wildman–Crippen LogP) is 2.73. The predicted molar refractivity (Wildman–Crippen MR) is 99.3 cm³/mol. The normalized spacial score (nSPS) is 13.6. The van der Waals surface area contributed by atoms with Gasteiger partial charge in [0.05, 0.1) is 0 Å². The standard InChI is InChI=1S/C20H22FN5O/c1-12-8-10-26-17(11-12)25-18(19(26)21)20(27)22-9-7-16-23-13(2)14-5-3-4-6-15(14)24-16/h8,10-11H,3-7,9H2,1-2H3,(H,22,27). The fraction of sp³-hybridized carbons (Fsp3) is 0.400. The highest BCUT2D eigenvalue weighted by atomic mass is 19.1. The highest BCUT2D eigenvalue weighted by Crippen LogP contribution is 2.21. The van der Waals surface area contributed by atoms with E-state index in [1.807, 2.05) is 13.8 Å². The molecular weight excluding hydrogens is 345 g/mol. The average molecular weight is 367 g/mol. The smallest absolute Gasteiger partial charge is 0.274 e. The molecule has 6 nitrogen and oxygen atoms in total. The molecule has 0 unspecified atom stereocenters. The minimum atomic E-state index is -0.650. The van der Waals surface area contributed by atoms with Gasteiger partial charge in [0.2, 0.25) is 5.95 Å². The summed E-state index contributed by atoms with van der Waals surface area (Å²) >= 11 is 0. The van der Waals surface area contributed by atoms with E-state index in [2.05, 4.69) is 20.3 Å². The van der Waals surface area contributed by atoms with Crippen LogP contribution in [0, 0.1) is 19.8 Å². The van der Waals surface area contributed by atoms with Gasteiger partial charge in [-0.2, -0.15) is 4.39 Å². The van der Waals surface area contributed by atoms with Crippen LogP contribution in [0.5, 0.6) is 0 Å². The van der Waals surface area contributed by atoms with Crippen LogP contribution in [0.1, 0.15) is 51.7 Å². The molecule has 1 aliphatic rings. The Kier molecular flexibility index (Phi) is 4.59.